The smallest absolute Gasteiger partial charge is 0.230 e. The van der Waals surface area contributed by atoms with Crippen LogP contribution in [0.5, 0.6) is 0 Å². The van der Waals surface area contributed by atoms with E-state index in [1.807, 2.05) is 67.6 Å². The lowest BCUT2D eigenvalue weighted by atomic mass is 10.1. The summed E-state index contributed by atoms with van der Waals surface area (Å²) in [6.45, 7) is 2.00. The topological polar surface area (TPSA) is 79.8 Å². The molecule has 0 radical (unpaired) electrons. The maximum Gasteiger partial charge on any atom is 0.230 e. The van der Waals surface area contributed by atoms with Gasteiger partial charge in [-0.15, -0.1) is 10.2 Å². The lowest BCUT2D eigenvalue weighted by Crippen LogP contribution is -2.21. The molecule has 1 aliphatic rings. The number of amides is 1. The number of nitrogens with zero attached hydrogens (tertiary/aromatic N) is 3. The van der Waals surface area contributed by atoms with E-state index in [9.17, 15) is 4.79 Å². The van der Waals surface area contributed by atoms with Crippen molar-refractivity contribution in [3.8, 4) is 21.3 Å². The second-order valence-corrected chi connectivity index (χ2v) is 9.81. The summed E-state index contributed by atoms with van der Waals surface area (Å²) >= 11 is 3.05. The van der Waals surface area contributed by atoms with E-state index in [4.69, 9.17) is 0 Å². The van der Waals surface area contributed by atoms with Crippen LogP contribution in [-0.2, 0) is 4.79 Å². The highest BCUT2D eigenvalue weighted by Crippen LogP contribution is 2.45. The molecule has 0 aliphatic heterocycles. The molecule has 2 heterocycles. The average Bonchev–Trinajstić information content (AvgIpc) is 3.40. The van der Waals surface area contributed by atoms with Gasteiger partial charge in [-0.1, -0.05) is 36.5 Å². The summed E-state index contributed by atoms with van der Waals surface area (Å²) in [4.78, 5) is 17.6. The van der Waals surface area contributed by atoms with Crippen LogP contribution in [-0.4, -0.2) is 21.1 Å². The van der Waals surface area contributed by atoms with Gasteiger partial charge in [0.2, 0.25) is 5.91 Å². The van der Waals surface area contributed by atoms with Gasteiger partial charge in [-0.05, 0) is 73.3 Å². The number of carbonyl (C=O) groups excluding carboxylic acids is 1. The highest BCUT2D eigenvalue weighted by molar-refractivity contribution is 8.00. The third-order valence-corrected chi connectivity index (χ3v) is 7.19. The first-order chi connectivity index (χ1) is 15.6. The summed E-state index contributed by atoms with van der Waals surface area (Å²) in [5.41, 5.74) is 3.45. The monoisotopic (exact) mass is 459 g/mol. The number of carbonyl (C=O) groups is 1. The summed E-state index contributed by atoms with van der Waals surface area (Å²) in [5, 5.41) is 13.3. The number of hydrogen-bond acceptors (Lipinski definition) is 7. The fraction of sp³-hybridized carbons (Fsp3) is 0.167. The Labute approximate surface area is 194 Å². The van der Waals surface area contributed by atoms with E-state index in [1.165, 1.54) is 23.3 Å². The Balaban J connectivity index is 1.22. The highest BCUT2D eigenvalue weighted by Gasteiger charge is 2.44. The van der Waals surface area contributed by atoms with Gasteiger partial charge in [0.1, 0.15) is 10.7 Å². The van der Waals surface area contributed by atoms with E-state index < -0.39 is 0 Å². The predicted octanol–water partition coefficient (Wildman–Crippen LogP) is 6.12. The maximum absolute atomic E-state index is 12.2. The molecule has 0 spiro atoms. The zero-order chi connectivity index (χ0) is 22.0. The summed E-state index contributed by atoms with van der Waals surface area (Å²) in [7, 11) is 0. The molecule has 0 bridgehead atoms. The van der Waals surface area contributed by atoms with Gasteiger partial charge in [0.25, 0.3) is 0 Å². The molecular formula is C24H21N5OS2. The zero-order valence-electron chi connectivity index (χ0n) is 17.4. The second-order valence-electron chi connectivity index (χ2n) is 7.95. The Morgan fingerprint density at radius 3 is 2.50 bits per heavy atom. The van der Waals surface area contributed by atoms with E-state index in [0.717, 1.165) is 50.4 Å². The van der Waals surface area contributed by atoms with Crippen LogP contribution in [0.15, 0.2) is 77.8 Å². The van der Waals surface area contributed by atoms with E-state index >= 15 is 0 Å². The molecule has 4 aromatic rings. The van der Waals surface area contributed by atoms with Crippen LogP contribution in [0.2, 0.25) is 0 Å². The van der Waals surface area contributed by atoms with Crippen molar-refractivity contribution >= 4 is 40.6 Å². The first-order valence-corrected chi connectivity index (χ1v) is 11.9. The van der Waals surface area contributed by atoms with E-state index in [2.05, 4.69) is 31.3 Å². The Morgan fingerprint density at radius 2 is 1.75 bits per heavy atom. The fourth-order valence-electron chi connectivity index (χ4n) is 3.06. The van der Waals surface area contributed by atoms with Gasteiger partial charge in [-0.25, -0.2) is 0 Å². The largest absolute Gasteiger partial charge is 0.326 e. The van der Waals surface area contributed by atoms with Crippen molar-refractivity contribution in [1.29, 1.82) is 0 Å². The van der Waals surface area contributed by atoms with Crippen molar-refractivity contribution in [2.75, 3.05) is 10.0 Å². The predicted molar refractivity (Wildman–Crippen MR) is 130 cm³/mol. The summed E-state index contributed by atoms with van der Waals surface area (Å²) in [6, 6.07) is 21.7. The summed E-state index contributed by atoms with van der Waals surface area (Å²) < 4.78 is 3.36. The van der Waals surface area contributed by atoms with Crippen LogP contribution in [0, 0.1) is 5.41 Å². The molecule has 1 amide bonds. The molecular weight excluding hydrogens is 438 g/mol. The van der Waals surface area contributed by atoms with Crippen LogP contribution in [0.25, 0.3) is 21.3 Å². The van der Waals surface area contributed by atoms with Crippen molar-refractivity contribution in [3.05, 3.63) is 72.9 Å². The first kappa shape index (κ1) is 20.7. The van der Waals surface area contributed by atoms with Crippen molar-refractivity contribution in [1.82, 2.24) is 15.2 Å². The van der Waals surface area contributed by atoms with E-state index in [0.29, 0.717) is 0 Å². The van der Waals surface area contributed by atoms with E-state index in [1.54, 1.807) is 6.20 Å². The second kappa shape index (κ2) is 8.72. The molecule has 2 aromatic heterocycles. The lowest BCUT2D eigenvalue weighted by molar-refractivity contribution is -0.120. The first-order valence-electron chi connectivity index (χ1n) is 10.3. The van der Waals surface area contributed by atoms with Crippen LogP contribution in [0.1, 0.15) is 19.8 Å². The third kappa shape index (κ3) is 4.66. The Morgan fingerprint density at radius 1 is 0.969 bits per heavy atom. The van der Waals surface area contributed by atoms with Crippen LogP contribution in [0.3, 0.4) is 0 Å². The number of rotatable bonds is 7. The molecule has 8 heteroatoms. The molecule has 0 saturated heterocycles. The minimum atomic E-state index is -0.177. The minimum Gasteiger partial charge on any atom is -0.326 e. The Bertz CT molecular complexity index is 1240. The van der Waals surface area contributed by atoms with Gasteiger partial charge in [0, 0.05) is 33.4 Å². The molecule has 1 fully saturated rings. The van der Waals surface area contributed by atoms with Crippen LogP contribution < -0.4 is 10.0 Å². The van der Waals surface area contributed by atoms with Crippen molar-refractivity contribution in [2.24, 2.45) is 5.41 Å². The number of pyridine rings is 1. The molecule has 2 N–H and O–H groups in total. The SMILES string of the molecule is CC1(C(=O)Nc2ccc(NSc3cccc(-c4nnc(-c5ccccn5)s4)c3)cc2)CC1. The number of nitrogens with one attached hydrogen (secondary N) is 2. The van der Waals surface area contributed by atoms with Gasteiger partial charge in [-0.3, -0.25) is 9.78 Å². The maximum atomic E-state index is 12.2. The van der Waals surface area contributed by atoms with Gasteiger partial charge < -0.3 is 10.0 Å². The van der Waals surface area contributed by atoms with Gasteiger partial charge in [-0.2, -0.15) is 0 Å². The van der Waals surface area contributed by atoms with Crippen molar-refractivity contribution in [3.63, 3.8) is 0 Å². The average molecular weight is 460 g/mol. The zero-order valence-corrected chi connectivity index (χ0v) is 19.0. The van der Waals surface area contributed by atoms with E-state index in [-0.39, 0.29) is 11.3 Å². The lowest BCUT2D eigenvalue weighted by Gasteiger charge is -2.11. The number of benzene rings is 2. The van der Waals surface area contributed by atoms with Crippen molar-refractivity contribution in [2.45, 2.75) is 24.7 Å². The normalized spacial score (nSPS) is 14.0. The molecule has 32 heavy (non-hydrogen) atoms. The molecule has 2 aromatic carbocycles. The van der Waals surface area contributed by atoms with Crippen LogP contribution in [0.4, 0.5) is 11.4 Å². The summed E-state index contributed by atoms with van der Waals surface area (Å²) in [6.07, 6.45) is 3.69. The van der Waals surface area contributed by atoms with Crippen LogP contribution >= 0.6 is 23.3 Å². The molecule has 1 aliphatic carbocycles. The molecule has 160 valence electrons. The van der Waals surface area contributed by atoms with Gasteiger partial charge in [0.15, 0.2) is 5.01 Å². The van der Waals surface area contributed by atoms with Gasteiger partial charge >= 0.3 is 0 Å². The molecule has 6 nitrogen and oxygen atoms in total. The standard InChI is InChI=1S/C24H21N5OS2/c1-24(12-13-24)23(30)26-17-8-10-18(11-9-17)29-32-19-6-4-5-16(15-19)21-27-28-22(31-21)20-7-2-3-14-25-20/h2-11,14-15,29H,12-13H2,1H3,(H,26,30). The Kier molecular flexibility index (Phi) is 5.63. The number of anilines is 2. The number of hydrogen-bond donors (Lipinski definition) is 2. The molecule has 0 atom stereocenters. The summed E-state index contributed by atoms with van der Waals surface area (Å²) in [5.74, 6) is 0.104. The molecule has 0 unspecified atom stereocenters. The van der Waals surface area contributed by atoms with Gasteiger partial charge in [0.05, 0.1) is 0 Å². The quantitative estimate of drug-likeness (QED) is 0.324. The highest BCUT2D eigenvalue weighted by atomic mass is 32.2. The number of aromatic nitrogens is 3. The third-order valence-electron chi connectivity index (χ3n) is 5.37. The van der Waals surface area contributed by atoms with Crippen molar-refractivity contribution < 1.29 is 4.79 Å². The Hall–Kier alpha value is -3.23. The molecule has 5 rings (SSSR count). The molecule has 1 saturated carbocycles. The minimum absolute atomic E-state index is 0.104. The fourth-order valence-corrected chi connectivity index (χ4v) is 4.58.